The second kappa shape index (κ2) is 8.02. The zero-order chi connectivity index (χ0) is 19.6. The molecule has 0 saturated carbocycles. The lowest BCUT2D eigenvalue weighted by atomic mass is 10.0. The smallest absolute Gasteiger partial charge is 0.271 e. The normalized spacial score (nSPS) is 17.4. The van der Waals surface area contributed by atoms with Gasteiger partial charge in [0.05, 0.1) is 6.04 Å². The van der Waals surface area contributed by atoms with Gasteiger partial charge < -0.3 is 4.90 Å². The fourth-order valence-electron chi connectivity index (χ4n) is 3.30. The van der Waals surface area contributed by atoms with Crippen LogP contribution in [0.2, 0.25) is 0 Å². The highest BCUT2D eigenvalue weighted by atomic mass is 32.2. The third-order valence-electron chi connectivity index (χ3n) is 4.64. The Morgan fingerprint density at radius 3 is 2.61 bits per heavy atom. The first-order valence-corrected chi connectivity index (χ1v) is 12.2. The number of piperidine rings is 1. The summed E-state index contributed by atoms with van der Waals surface area (Å²) >= 11 is 2.73. The summed E-state index contributed by atoms with van der Waals surface area (Å²) in [4.78, 5) is 19.3. The SMILES string of the molecule is O=C(c1ccc(NS(=O)(=O)c2cccs2)cc1)N1CCCCC1c1nccs1. The lowest BCUT2D eigenvalue weighted by molar-refractivity contribution is 0.0611. The third kappa shape index (κ3) is 3.96. The second-order valence-corrected chi connectivity index (χ2v) is 10.3. The van der Waals surface area contributed by atoms with Gasteiger partial charge in [0.2, 0.25) is 0 Å². The number of carbonyl (C=O) groups excluding carboxylic acids is 1. The van der Waals surface area contributed by atoms with Gasteiger partial charge >= 0.3 is 0 Å². The molecule has 1 aliphatic heterocycles. The number of hydrogen-bond acceptors (Lipinski definition) is 6. The van der Waals surface area contributed by atoms with Crippen molar-refractivity contribution >= 4 is 44.3 Å². The van der Waals surface area contributed by atoms with Gasteiger partial charge in [-0.1, -0.05) is 6.07 Å². The first-order valence-electron chi connectivity index (χ1n) is 8.91. The molecule has 3 aromatic rings. The molecule has 0 bridgehead atoms. The molecule has 28 heavy (non-hydrogen) atoms. The van der Waals surface area contributed by atoms with E-state index in [1.807, 2.05) is 10.3 Å². The quantitative estimate of drug-likeness (QED) is 0.648. The number of likely N-dealkylation sites (tertiary alicyclic amines) is 1. The number of carbonyl (C=O) groups is 1. The van der Waals surface area contributed by atoms with E-state index in [0.29, 0.717) is 17.8 Å². The highest BCUT2D eigenvalue weighted by molar-refractivity contribution is 7.94. The van der Waals surface area contributed by atoms with Gasteiger partial charge in [0.25, 0.3) is 15.9 Å². The second-order valence-electron chi connectivity index (χ2n) is 6.50. The number of sulfonamides is 1. The minimum Gasteiger partial charge on any atom is -0.329 e. The molecule has 0 spiro atoms. The lowest BCUT2D eigenvalue weighted by Crippen LogP contribution is -2.38. The summed E-state index contributed by atoms with van der Waals surface area (Å²) in [5.41, 5.74) is 0.975. The third-order valence-corrected chi connectivity index (χ3v) is 8.30. The Hall–Kier alpha value is -2.23. The minimum atomic E-state index is -3.60. The van der Waals surface area contributed by atoms with E-state index in [0.717, 1.165) is 35.6 Å². The number of rotatable bonds is 5. The molecule has 9 heteroatoms. The summed E-state index contributed by atoms with van der Waals surface area (Å²) in [6.07, 6.45) is 4.74. The molecule has 6 nitrogen and oxygen atoms in total. The molecule has 1 aliphatic rings. The van der Waals surface area contributed by atoms with Crippen LogP contribution in [0, 0.1) is 0 Å². The van der Waals surface area contributed by atoms with Gasteiger partial charge in [-0.2, -0.15) is 0 Å². The van der Waals surface area contributed by atoms with Crippen molar-refractivity contribution in [2.75, 3.05) is 11.3 Å². The van der Waals surface area contributed by atoms with E-state index in [1.54, 1.807) is 59.3 Å². The van der Waals surface area contributed by atoms with Crippen LogP contribution in [0.1, 0.15) is 40.7 Å². The highest BCUT2D eigenvalue weighted by Gasteiger charge is 2.30. The number of nitrogens with one attached hydrogen (secondary N) is 1. The van der Waals surface area contributed by atoms with Crippen molar-refractivity contribution in [3.05, 3.63) is 63.9 Å². The van der Waals surface area contributed by atoms with Crippen molar-refractivity contribution in [1.29, 1.82) is 0 Å². The molecule has 1 fully saturated rings. The zero-order valence-electron chi connectivity index (χ0n) is 14.9. The Morgan fingerprint density at radius 1 is 1.11 bits per heavy atom. The number of aromatic nitrogens is 1. The van der Waals surface area contributed by atoms with Crippen LogP contribution in [-0.2, 0) is 10.0 Å². The maximum atomic E-state index is 13.1. The van der Waals surface area contributed by atoms with Crippen molar-refractivity contribution in [1.82, 2.24) is 9.88 Å². The molecule has 1 atom stereocenters. The molecule has 0 radical (unpaired) electrons. The van der Waals surface area contributed by atoms with E-state index in [9.17, 15) is 13.2 Å². The summed E-state index contributed by atoms with van der Waals surface area (Å²) in [5.74, 6) is -0.0486. The molecule has 1 amide bonds. The van der Waals surface area contributed by atoms with E-state index in [-0.39, 0.29) is 16.2 Å². The van der Waals surface area contributed by atoms with Crippen molar-refractivity contribution < 1.29 is 13.2 Å². The first kappa shape index (κ1) is 19.1. The molecule has 0 aliphatic carbocycles. The average Bonchev–Trinajstić information content (AvgIpc) is 3.42. The average molecular weight is 434 g/mol. The summed E-state index contributed by atoms with van der Waals surface area (Å²) in [7, 11) is -3.60. The molecule has 146 valence electrons. The van der Waals surface area contributed by atoms with Gasteiger partial charge in [-0.25, -0.2) is 13.4 Å². The van der Waals surface area contributed by atoms with Gasteiger partial charge in [0, 0.05) is 29.4 Å². The lowest BCUT2D eigenvalue weighted by Gasteiger charge is -2.34. The molecule has 1 N–H and O–H groups in total. The van der Waals surface area contributed by atoms with Gasteiger partial charge in [-0.3, -0.25) is 9.52 Å². The van der Waals surface area contributed by atoms with Crippen molar-refractivity contribution in [3.8, 4) is 0 Å². The number of hydrogen-bond donors (Lipinski definition) is 1. The maximum Gasteiger partial charge on any atom is 0.271 e. The Labute approximate surface area is 171 Å². The molecule has 1 unspecified atom stereocenters. The zero-order valence-corrected chi connectivity index (χ0v) is 17.4. The number of thiazole rings is 1. The van der Waals surface area contributed by atoms with Crippen molar-refractivity contribution in [2.24, 2.45) is 0 Å². The standard InChI is InChI=1S/C19H19N3O3S3/c23-19(22-11-2-1-4-16(22)18-20-10-13-27-18)14-6-8-15(9-7-14)21-28(24,25)17-5-3-12-26-17/h3,5-10,12-13,16,21H,1-2,4,11H2. The van der Waals surface area contributed by atoms with Crippen LogP contribution in [0.15, 0.2) is 57.6 Å². The Morgan fingerprint density at radius 2 is 1.93 bits per heavy atom. The molecular weight excluding hydrogens is 414 g/mol. The van der Waals surface area contributed by atoms with Crippen LogP contribution >= 0.6 is 22.7 Å². The van der Waals surface area contributed by atoms with Crippen LogP contribution in [0.4, 0.5) is 5.69 Å². The number of amides is 1. The van der Waals surface area contributed by atoms with E-state index in [2.05, 4.69) is 9.71 Å². The number of nitrogens with zero attached hydrogens (tertiary/aromatic N) is 2. The highest BCUT2D eigenvalue weighted by Crippen LogP contribution is 2.33. The monoisotopic (exact) mass is 433 g/mol. The summed E-state index contributed by atoms with van der Waals surface area (Å²) in [6, 6.07) is 9.85. The van der Waals surface area contributed by atoms with Gasteiger partial charge in [0.15, 0.2) is 0 Å². The van der Waals surface area contributed by atoms with Gasteiger partial charge in [-0.15, -0.1) is 22.7 Å². The fraction of sp³-hybridized carbons (Fsp3) is 0.263. The maximum absolute atomic E-state index is 13.1. The summed E-state index contributed by atoms with van der Waals surface area (Å²) in [5, 5.41) is 4.61. The topological polar surface area (TPSA) is 79.4 Å². The largest absolute Gasteiger partial charge is 0.329 e. The van der Waals surface area contributed by atoms with Crippen molar-refractivity contribution in [2.45, 2.75) is 29.5 Å². The molecule has 3 heterocycles. The Balaban J connectivity index is 1.51. The Bertz CT molecular complexity index is 1030. The number of benzene rings is 1. The predicted octanol–water partition coefficient (Wildman–Crippen LogP) is 4.37. The van der Waals surface area contributed by atoms with E-state index >= 15 is 0 Å². The molecule has 4 rings (SSSR count). The van der Waals surface area contributed by atoms with Crippen LogP contribution in [0.3, 0.4) is 0 Å². The van der Waals surface area contributed by atoms with Crippen molar-refractivity contribution in [3.63, 3.8) is 0 Å². The number of anilines is 1. The van der Waals surface area contributed by atoms with E-state index in [4.69, 9.17) is 0 Å². The van der Waals surface area contributed by atoms with E-state index < -0.39 is 10.0 Å². The fourth-order valence-corrected chi connectivity index (χ4v) is 6.14. The molecule has 2 aromatic heterocycles. The van der Waals surface area contributed by atoms with Crippen LogP contribution < -0.4 is 4.72 Å². The Kier molecular flexibility index (Phi) is 5.47. The van der Waals surface area contributed by atoms with Gasteiger partial charge in [-0.05, 0) is 55.0 Å². The minimum absolute atomic E-state index is 0.0123. The number of thiophene rings is 1. The van der Waals surface area contributed by atoms with Crippen LogP contribution in [-0.4, -0.2) is 30.8 Å². The molecule has 1 aromatic carbocycles. The summed E-state index contributed by atoms with van der Waals surface area (Å²) in [6.45, 7) is 0.704. The van der Waals surface area contributed by atoms with E-state index in [1.165, 1.54) is 0 Å². The van der Waals surface area contributed by atoms with Crippen LogP contribution in [0.25, 0.3) is 0 Å². The molecule has 1 saturated heterocycles. The van der Waals surface area contributed by atoms with Crippen LogP contribution in [0.5, 0.6) is 0 Å². The first-order chi connectivity index (χ1) is 13.5. The van der Waals surface area contributed by atoms with Gasteiger partial charge in [0.1, 0.15) is 9.22 Å². The predicted molar refractivity (Wildman–Crippen MR) is 111 cm³/mol. The molecular formula is C19H19N3O3S3. The summed E-state index contributed by atoms with van der Waals surface area (Å²) < 4.78 is 27.4.